The molecule has 2 aliphatic heterocycles. The Hall–Kier alpha value is -1.72. The van der Waals surface area contributed by atoms with Gasteiger partial charge in [-0.1, -0.05) is 30.3 Å². The monoisotopic (exact) mass is 299 g/mol. The van der Waals surface area contributed by atoms with Gasteiger partial charge >= 0.3 is 0 Å². The first-order chi connectivity index (χ1) is 10.3. The van der Waals surface area contributed by atoms with Crippen molar-refractivity contribution in [2.75, 3.05) is 19.6 Å². The molecule has 4 rings (SSSR count). The van der Waals surface area contributed by atoms with E-state index in [0.29, 0.717) is 17.5 Å². The van der Waals surface area contributed by atoms with E-state index in [2.05, 4.69) is 34.6 Å². The molecule has 2 fully saturated rings. The summed E-state index contributed by atoms with van der Waals surface area (Å²) in [7, 11) is 0. The van der Waals surface area contributed by atoms with Gasteiger partial charge in [0.25, 0.3) is 5.91 Å². The van der Waals surface area contributed by atoms with Gasteiger partial charge < -0.3 is 10.2 Å². The van der Waals surface area contributed by atoms with Gasteiger partial charge in [0, 0.05) is 30.9 Å². The molecule has 3 atom stereocenters. The van der Waals surface area contributed by atoms with Crippen LogP contribution < -0.4 is 5.32 Å². The SMILES string of the molecule is O=C(c1cscn1)N1C[C@@H]2CNC[C@@H]2[C@H]1c1ccccc1. The minimum atomic E-state index is 0.0690. The molecule has 2 saturated heterocycles. The zero-order valence-corrected chi connectivity index (χ0v) is 12.4. The van der Waals surface area contributed by atoms with Gasteiger partial charge in [0.05, 0.1) is 11.6 Å². The Balaban J connectivity index is 1.70. The molecule has 3 heterocycles. The maximum absolute atomic E-state index is 12.8. The van der Waals surface area contributed by atoms with Crippen LogP contribution in [-0.2, 0) is 0 Å². The summed E-state index contributed by atoms with van der Waals surface area (Å²) < 4.78 is 0. The first kappa shape index (κ1) is 13.0. The average molecular weight is 299 g/mol. The zero-order chi connectivity index (χ0) is 14.2. The van der Waals surface area contributed by atoms with Crippen molar-refractivity contribution in [2.45, 2.75) is 6.04 Å². The number of benzene rings is 1. The summed E-state index contributed by atoms with van der Waals surface area (Å²) in [6.07, 6.45) is 0. The lowest BCUT2D eigenvalue weighted by Gasteiger charge is -2.27. The van der Waals surface area contributed by atoms with Crippen molar-refractivity contribution in [3.8, 4) is 0 Å². The van der Waals surface area contributed by atoms with Gasteiger partial charge in [0.2, 0.25) is 0 Å². The third-order valence-corrected chi connectivity index (χ3v) is 5.20. The number of thiazole rings is 1. The maximum Gasteiger partial charge on any atom is 0.273 e. The highest BCUT2D eigenvalue weighted by atomic mass is 32.1. The summed E-state index contributed by atoms with van der Waals surface area (Å²) in [6.45, 7) is 2.83. The van der Waals surface area contributed by atoms with Gasteiger partial charge in [-0.2, -0.15) is 0 Å². The van der Waals surface area contributed by atoms with E-state index < -0.39 is 0 Å². The molecule has 1 amide bonds. The van der Waals surface area contributed by atoms with Gasteiger partial charge in [-0.25, -0.2) is 4.98 Å². The first-order valence-electron chi connectivity index (χ1n) is 7.29. The van der Waals surface area contributed by atoms with E-state index in [0.717, 1.165) is 19.6 Å². The van der Waals surface area contributed by atoms with Gasteiger partial charge in [-0.15, -0.1) is 11.3 Å². The summed E-state index contributed by atoms with van der Waals surface area (Å²) >= 11 is 1.47. The predicted molar refractivity (Wildman–Crippen MR) is 82.2 cm³/mol. The maximum atomic E-state index is 12.8. The molecular weight excluding hydrogens is 282 g/mol. The van der Waals surface area contributed by atoms with E-state index in [1.165, 1.54) is 16.9 Å². The number of nitrogens with zero attached hydrogens (tertiary/aromatic N) is 2. The number of nitrogens with one attached hydrogen (secondary N) is 1. The first-order valence-corrected chi connectivity index (χ1v) is 8.23. The van der Waals surface area contributed by atoms with Crippen molar-refractivity contribution >= 4 is 17.2 Å². The molecule has 108 valence electrons. The molecule has 21 heavy (non-hydrogen) atoms. The normalized spacial score (nSPS) is 27.8. The molecule has 0 bridgehead atoms. The van der Waals surface area contributed by atoms with Gasteiger partial charge in [-0.3, -0.25) is 4.79 Å². The molecule has 0 radical (unpaired) electrons. The highest BCUT2D eigenvalue weighted by Crippen LogP contribution is 2.43. The molecule has 0 aliphatic carbocycles. The van der Waals surface area contributed by atoms with Crippen LogP contribution in [0, 0.1) is 11.8 Å². The lowest BCUT2D eigenvalue weighted by molar-refractivity contribution is 0.0709. The summed E-state index contributed by atoms with van der Waals surface area (Å²) in [5.74, 6) is 1.13. The summed E-state index contributed by atoms with van der Waals surface area (Å²) in [6, 6.07) is 10.6. The molecule has 4 nitrogen and oxygen atoms in total. The van der Waals surface area contributed by atoms with Crippen LogP contribution in [-0.4, -0.2) is 35.4 Å². The third-order valence-electron chi connectivity index (χ3n) is 4.62. The van der Waals surface area contributed by atoms with Crippen LogP contribution in [0.5, 0.6) is 0 Å². The summed E-state index contributed by atoms with van der Waals surface area (Å²) in [4.78, 5) is 19.0. The van der Waals surface area contributed by atoms with Crippen molar-refractivity contribution in [2.24, 2.45) is 11.8 Å². The Bertz CT molecular complexity index is 628. The van der Waals surface area contributed by atoms with Gasteiger partial charge in [0.15, 0.2) is 0 Å². The fourth-order valence-electron chi connectivity index (χ4n) is 3.67. The Labute approximate surface area is 127 Å². The van der Waals surface area contributed by atoms with E-state index in [9.17, 15) is 4.79 Å². The molecule has 0 unspecified atom stereocenters. The van der Waals surface area contributed by atoms with Gasteiger partial charge in [0.1, 0.15) is 5.69 Å². The lowest BCUT2D eigenvalue weighted by Crippen LogP contribution is -2.34. The molecular formula is C16H17N3OS. The number of hydrogen-bond acceptors (Lipinski definition) is 4. The average Bonchev–Trinajstić information content (AvgIpc) is 3.23. The molecule has 2 aliphatic rings. The number of amides is 1. The summed E-state index contributed by atoms with van der Waals surface area (Å²) in [5, 5.41) is 5.31. The van der Waals surface area contributed by atoms with Crippen LogP contribution in [0.3, 0.4) is 0 Å². The molecule has 5 heteroatoms. The van der Waals surface area contributed by atoms with Crippen LogP contribution in [0.2, 0.25) is 0 Å². The van der Waals surface area contributed by atoms with Crippen LogP contribution in [0.25, 0.3) is 0 Å². The summed E-state index contributed by atoms with van der Waals surface area (Å²) in [5.41, 5.74) is 3.54. The highest BCUT2D eigenvalue weighted by molar-refractivity contribution is 7.07. The molecule has 0 spiro atoms. The second-order valence-electron chi connectivity index (χ2n) is 5.77. The minimum Gasteiger partial charge on any atom is -0.330 e. The minimum absolute atomic E-state index is 0.0690. The number of carbonyl (C=O) groups excluding carboxylic acids is 1. The largest absolute Gasteiger partial charge is 0.330 e. The van der Waals surface area contributed by atoms with E-state index in [4.69, 9.17) is 0 Å². The topological polar surface area (TPSA) is 45.2 Å². The molecule has 2 aromatic rings. The smallest absolute Gasteiger partial charge is 0.273 e. The third kappa shape index (κ3) is 2.17. The Kier molecular flexibility index (Phi) is 3.24. The van der Waals surface area contributed by atoms with Crippen LogP contribution >= 0.6 is 11.3 Å². The standard InChI is InChI=1S/C16H17N3OS/c20-16(14-9-21-10-18-14)19-8-12-6-17-7-13(12)15(19)11-4-2-1-3-5-11/h1-5,9-10,12-13,15,17H,6-8H2/t12-,13-,15+/m0/s1. The van der Waals surface area contributed by atoms with Gasteiger partial charge in [-0.05, 0) is 11.5 Å². The van der Waals surface area contributed by atoms with Crippen LogP contribution in [0.4, 0.5) is 0 Å². The van der Waals surface area contributed by atoms with E-state index in [1.54, 1.807) is 5.51 Å². The fourth-order valence-corrected chi connectivity index (χ4v) is 4.20. The van der Waals surface area contributed by atoms with Crippen molar-refractivity contribution < 1.29 is 4.79 Å². The van der Waals surface area contributed by atoms with Crippen molar-refractivity contribution in [3.05, 3.63) is 52.5 Å². The fraction of sp³-hybridized carbons (Fsp3) is 0.375. The number of carbonyl (C=O) groups is 1. The second kappa shape index (κ2) is 5.24. The van der Waals surface area contributed by atoms with Crippen LogP contribution in [0.1, 0.15) is 22.1 Å². The quantitative estimate of drug-likeness (QED) is 0.924. The van der Waals surface area contributed by atoms with Crippen molar-refractivity contribution in [3.63, 3.8) is 0 Å². The predicted octanol–water partition coefficient (Wildman–Crippen LogP) is 2.18. The number of fused-ring (bicyclic) bond motifs is 1. The number of aromatic nitrogens is 1. The molecule has 1 aromatic carbocycles. The van der Waals surface area contributed by atoms with Crippen molar-refractivity contribution in [1.82, 2.24) is 15.2 Å². The molecule has 1 aromatic heterocycles. The van der Waals surface area contributed by atoms with E-state index >= 15 is 0 Å². The molecule has 1 N–H and O–H groups in total. The lowest BCUT2D eigenvalue weighted by atomic mass is 9.89. The second-order valence-corrected chi connectivity index (χ2v) is 6.49. The number of hydrogen-bond donors (Lipinski definition) is 1. The molecule has 0 saturated carbocycles. The Morgan fingerprint density at radius 2 is 2.14 bits per heavy atom. The zero-order valence-electron chi connectivity index (χ0n) is 11.6. The van der Waals surface area contributed by atoms with Crippen LogP contribution in [0.15, 0.2) is 41.2 Å². The Morgan fingerprint density at radius 1 is 1.29 bits per heavy atom. The Morgan fingerprint density at radius 3 is 2.90 bits per heavy atom. The van der Waals surface area contributed by atoms with E-state index in [-0.39, 0.29) is 11.9 Å². The van der Waals surface area contributed by atoms with Crippen molar-refractivity contribution in [1.29, 1.82) is 0 Å². The number of likely N-dealkylation sites (tertiary alicyclic amines) is 1. The number of rotatable bonds is 2. The highest BCUT2D eigenvalue weighted by Gasteiger charge is 2.47. The van der Waals surface area contributed by atoms with E-state index in [1.807, 2.05) is 16.3 Å².